The Labute approximate surface area is 161 Å². The van der Waals surface area contributed by atoms with Crippen molar-refractivity contribution in [2.75, 3.05) is 11.9 Å². The molecule has 1 atom stereocenters. The maximum absolute atomic E-state index is 12.7. The summed E-state index contributed by atoms with van der Waals surface area (Å²) < 4.78 is 0. The van der Waals surface area contributed by atoms with Gasteiger partial charge in [0.2, 0.25) is 5.91 Å². The zero-order valence-electron chi connectivity index (χ0n) is 16.6. The summed E-state index contributed by atoms with van der Waals surface area (Å²) in [4.78, 5) is 38.2. The molecule has 2 N–H and O–H groups in total. The first-order valence-electron chi connectivity index (χ1n) is 9.92. The summed E-state index contributed by atoms with van der Waals surface area (Å²) in [5, 5.41) is 5.50. The standard InChI is InChI=1S/C21H31N3O3/c1-4-6-7-8-9-14-21(3)19(26)24(20(27)23-21)15-18(25)22-17-12-10-16(5-2)11-13-17/h10-13H,4-9,14-15H2,1-3H3,(H,22,25)(H,23,27)/t21-/m0/s1. The lowest BCUT2D eigenvalue weighted by Crippen LogP contribution is -2.44. The Hall–Kier alpha value is -2.37. The number of carbonyl (C=O) groups excluding carboxylic acids is 3. The number of urea groups is 1. The highest BCUT2D eigenvalue weighted by molar-refractivity contribution is 6.09. The Morgan fingerprint density at radius 1 is 1.07 bits per heavy atom. The van der Waals surface area contributed by atoms with Gasteiger partial charge in [0, 0.05) is 5.69 Å². The average Bonchev–Trinajstić information content (AvgIpc) is 2.85. The molecular weight excluding hydrogens is 342 g/mol. The number of nitrogens with one attached hydrogen (secondary N) is 2. The highest BCUT2D eigenvalue weighted by atomic mass is 16.2. The molecule has 1 aliphatic heterocycles. The van der Waals surface area contributed by atoms with Gasteiger partial charge in [-0.25, -0.2) is 4.79 Å². The van der Waals surface area contributed by atoms with Crippen molar-refractivity contribution < 1.29 is 14.4 Å². The smallest absolute Gasteiger partial charge is 0.325 e. The van der Waals surface area contributed by atoms with Crippen LogP contribution >= 0.6 is 0 Å². The Morgan fingerprint density at radius 2 is 1.74 bits per heavy atom. The van der Waals surface area contributed by atoms with Crippen molar-refractivity contribution in [3.05, 3.63) is 29.8 Å². The molecule has 1 aliphatic rings. The molecule has 6 nitrogen and oxygen atoms in total. The van der Waals surface area contributed by atoms with Gasteiger partial charge in [0.05, 0.1) is 0 Å². The minimum Gasteiger partial charge on any atom is -0.325 e. The summed E-state index contributed by atoms with van der Waals surface area (Å²) in [6, 6.07) is 7.04. The summed E-state index contributed by atoms with van der Waals surface area (Å²) in [7, 11) is 0. The molecule has 0 radical (unpaired) electrons. The van der Waals surface area contributed by atoms with Crippen LogP contribution in [0.15, 0.2) is 24.3 Å². The number of unbranched alkanes of at least 4 members (excludes halogenated alkanes) is 4. The molecule has 1 heterocycles. The number of nitrogens with zero attached hydrogens (tertiary/aromatic N) is 1. The topological polar surface area (TPSA) is 78.5 Å². The normalized spacial score (nSPS) is 19.3. The highest BCUT2D eigenvalue weighted by Gasteiger charge is 2.47. The van der Waals surface area contributed by atoms with E-state index in [1.807, 2.05) is 24.3 Å². The van der Waals surface area contributed by atoms with Crippen molar-refractivity contribution in [2.24, 2.45) is 0 Å². The lowest BCUT2D eigenvalue weighted by Gasteiger charge is -2.21. The molecule has 0 unspecified atom stereocenters. The minimum atomic E-state index is -0.910. The Kier molecular flexibility index (Phi) is 7.39. The second-order valence-electron chi connectivity index (χ2n) is 7.42. The summed E-state index contributed by atoms with van der Waals surface area (Å²) in [5.41, 5.74) is 0.923. The van der Waals surface area contributed by atoms with E-state index in [4.69, 9.17) is 0 Å². The lowest BCUT2D eigenvalue weighted by atomic mass is 9.94. The molecule has 1 aromatic rings. The maximum atomic E-state index is 12.7. The third-order valence-electron chi connectivity index (χ3n) is 5.07. The summed E-state index contributed by atoms with van der Waals surface area (Å²) in [5.74, 6) is -0.700. The van der Waals surface area contributed by atoms with Gasteiger partial charge in [0.25, 0.3) is 5.91 Å². The summed E-state index contributed by atoms with van der Waals surface area (Å²) in [6.45, 7) is 5.69. The number of carbonyl (C=O) groups is 3. The molecule has 1 fully saturated rings. The molecule has 1 aromatic carbocycles. The van der Waals surface area contributed by atoms with E-state index in [-0.39, 0.29) is 18.4 Å². The third kappa shape index (κ3) is 5.55. The number of hydrogen-bond donors (Lipinski definition) is 2. The van der Waals surface area contributed by atoms with E-state index in [1.165, 1.54) is 12.0 Å². The predicted molar refractivity (Wildman–Crippen MR) is 106 cm³/mol. The minimum absolute atomic E-state index is 0.272. The van der Waals surface area contributed by atoms with Gasteiger partial charge in [-0.3, -0.25) is 14.5 Å². The SMILES string of the molecule is CCCCCCC[C@]1(C)NC(=O)N(CC(=O)Nc2ccc(CC)cc2)C1=O. The number of imide groups is 1. The highest BCUT2D eigenvalue weighted by Crippen LogP contribution is 2.24. The van der Waals surface area contributed by atoms with Crippen LogP contribution in [-0.4, -0.2) is 34.8 Å². The number of anilines is 1. The first kappa shape index (κ1) is 20.9. The molecule has 0 saturated carbocycles. The predicted octanol–water partition coefficient (Wildman–Crippen LogP) is 3.86. The van der Waals surface area contributed by atoms with Crippen molar-refractivity contribution in [1.29, 1.82) is 0 Å². The van der Waals surface area contributed by atoms with E-state index in [0.29, 0.717) is 12.1 Å². The Morgan fingerprint density at radius 3 is 2.37 bits per heavy atom. The summed E-state index contributed by atoms with van der Waals surface area (Å²) >= 11 is 0. The molecule has 0 aromatic heterocycles. The van der Waals surface area contributed by atoms with Crippen molar-refractivity contribution in [2.45, 2.75) is 71.3 Å². The molecule has 0 spiro atoms. The maximum Gasteiger partial charge on any atom is 0.325 e. The second kappa shape index (κ2) is 9.53. The number of hydrogen-bond acceptors (Lipinski definition) is 3. The largest absolute Gasteiger partial charge is 0.325 e. The molecular formula is C21H31N3O3. The molecule has 4 amide bonds. The van der Waals surface area contributed by atoms with Crippen LogP contribution in [0.1, 0.15) is 64.9 Å². The van der Waals surface area contributed by atoms with Gasteiger partial charge in [0.15, 0.2) is 0 Å². The summed E-state index contributed by atoms with van der Waals surface area (Å²) in [6.07, 6.45) is 6.93. The fourth-order valence-corrected chi connectivity index (χ4v) is 3.31. The van der Waals surface area contributed by atoms with Crippen molar-refractivity contribution in [3.8, 4) is 0 Å². The van der Waals surface area contributed by atoms with E-state index >= 15 is 0 Å². The molecule has 0 aliphatic carbocycles. The van der Waals surface area contributed by atoms with Crippen molar-refractivity contribution >= 4 is 23.5 Å². The number of benzene rings is 1. The van der Waals surface area contributed by atoms with E-state index in [2.05, 4.69) is 24.5 Å². The van der Waals surface area contributed by atoms with Gasteiger partial charge < -0.3 is 10.6 Å². The van der Waals surface area contributed by atoms with Crippen LogP contribution in [0.3, 0.4) is 0 Å². The van der Waals surface area contributed by atoms with E-state index in [9.17, 15) is 14.4 Å². The molecule has 148 valence electrons. The van der Waals surface area contributed by atoms with Crippen LogP contribution < -0.4 is 10.6 Å². The molecule has 1 saturated heterocycles. The van der Waals surface area contributed by atoms with Crippen LogP contribution in [0, 0.1) is 0 Å². The van der Waals surface area contributed by atoms with Crippen LogP contribution in [-0.2, 0) is 16.0 Å². The fraction of sp³-hybridized carbons (Fsp3) is 0.571. The molecule has 2 rings (SSSR count). The monoisotopic (exact) mass is 373 g/mol. The van der Waals surface area contributed by atoms with Gasteiger partial charge in [-0.1, -0.05) is 58.1 Å². The van der Waals surface area contributed by atoms with Crippen molar-refractivity contribution in [3.63, 3.8) is 0 Å². The van der Waals surface area contributed by atoms with Gasteiger partial charge in [-0.2, -0.15) is 0 Å². The third-order valence-corrected chi connectivity index (χ3v) is 5.07. The molecule has 6 heteroatoms. The van der Waals surface area contributed by atoms with E-state index in [0.717, 1.165) is 37.0 Å². The lowest BCUT2D eigenvalue weighted by molar-refractivity contribution is -0.133. The first-order chi connectivity index (χ1) is 12.9. The van der Waals surface area contributed by atoms with Gasteiger partial charge >= 0.3 is 6.03 Å². The van der Waals surface area contributed by atoms with Gasteiger partial charge in [-0.05, 0) is 37.5 Å². The van der Waals surface area contributed by atoms with Crippen LogP contribution in [0.4, 0.5) is 10.5 Å². The Bertz CT molecular complexity index is 672. The number of rotatable bonds is 10. The number of amides is 4. The van der Waals surface area contributed by atoms with E-state index < -0.39 is 11.6 Å². The molecule has 27 heavy (non-hydrogen) atoms. The Balaban J connectivity index is 1.88. The van der Waals surface area contributed by atoms with Crippen molar-refractivity contribution in [1.82, 2.24) is 10.2 Å². The van der Waals surface area contributed by atoms with Crippen LogP contribution in [0.25, 0.3) is 0 Å². The second-order valence-corrected chi connectivity index (χ2v) is 7.42. The first-order valence-corrected chi connectivity index (χ1v) is 9.92. The average molecular weight is 373 g/mol. The van der Waals surface area contributed by atoms with E-state index in [1.54, 1.807) is 6.92 Å². The quantitative estimate of drug-likeness (QED) is 0.483. The van der Waals surface area contributed by atoms with Crippen LogP contribution in [0.5, 0.6) is 0 Å². The van der Waals surface area contributed by atoms with Crippen LogP contribution in [0.2, 0.25) is 0 Å². The zero-order chi connectivity index (χ0) is 19.9. The van der Waals surface area contributed by atoms with Gasteiger partial charge in [0.1, 0.15) is 12.1 Å². The molecule has 0 bridgehead atoms. The fourth-order valence-electron chi connectivity index (χ4n) is 3.31. The number of aryl methyl sites for hydroxylation is 1. The zero-order valence-corrected chi connectivity index (χ0v) is 16.6. The van der Waals surface area contributed by atoms with Gasteiger partial charge in [-0.15, -0.1) is 0 Å².